The minimum Gasteiger partial charge on any atom is -0.294 e. The van der Waals surface area contributed by atoms with Crippen LogP contribution in [0.5, 0.6) is 0 Å². The molecule has 0 amide bonds. The van der Waals surface area contributed by atoms with E-state index >= 15 is 0 Å². The van der Waals surface area contributed by atoms with E-state index in [-0.39, 0.29) is 17.6 Å². The number of hydrogen-bond acceptors (Lipinski definition) is 3. The van der Waals surface area contributed by atoms with Crippen LogP contribution in [0.3, 0.4) is 0 Å². The zero-order valence-corrected chi connectivity index (χ0v) is 10.9. The number of rotatable bonds is 0. The molecule has 3 rings (SSSR count). The van der Waals surface area contributed by atoms with Crippen LogP contribution >= 0.6 is 11.9 Å². The number of Topliss-reactive ketones (excluding diaryl/α,β-unsaturated/α-hetero) is 1. The van der Waals surface area contributed by atoms with Gasteiger partial charge in [-0.1, -0.05) is 18.2 Å². The summed E-state index contributed by atoms with van der Waals surface area (Å²) in [5, 5.41) is 2.33. The lowest BCUT2D eigenvalue weighted by Gasteiger charge is -2.11. The van der Waals surface area contributed by atoms with E-state index in [4.69, 9.17) is 0 Å². The zero-order valence-electron chi connectivity index (χ0n) is 10.1. The molecular weight excluding hydrogens is 287 g/mol. The second kappa shape index (κ2) is 4.63. The third-order valence-electron chi connectivity index (χ3n) is 3.09. The summed E-state index contributed by atoms with van der Waals surface area (Å²) in [7, 11) is 0. The molecule has 0 bridgehead atoms. The molecule has 0 aromatic heterocycles. The van der Waals surface area contributed by atoms with Crippen LogP contribution in [0.15, 0.2) is 45.7 Å². The molecule has 2 aliphatic rings. The minimum atomic E-state index is -4.42. The summed E-state index contributed by atoms with van der Waals surface area (Å²) < 4.78 is 42.2. The highest BCUT2D eigenvalue weighted by Crippen LogP contribution is 2.28. The molecule has 6 heteroatoms. The van der Waals surface area contributed by atoms with Crippen molar-refractivity contribution in [1.82, 2.24) is 0 Å². The Hall–Kier alpha value is -1.82. The summed E-state index contributed by atoms with van der Waals surface area (Å²) in [4.78, 5) is 12.0. The molecule has 102 valence electrons. The molecule has 1 heterocycles. The highest BCUT2D eigenvalue weighted by Gasteiger charge is 2.31. The molecule has 0 spiro atoms. The fourth-order valence-electron chi connectivity index (χ4n) is 2.18. The topological polar surface area (TPSA) is 29.4 Å². The molecule has 0 radical (unpaired) electrons. The van der Waals surface area contributed by atoms with Crippen LogP contribution in [0.25, 0.3) is 5.57 Å². The maximum absolute atomic E-state index is 12.7. The lowest BCUT2D eigenvalue weighted by molar-refractivity contribution is -0.137. The van der Waals surface area contributed by atoms with Gasteiger partial charge >= 0.3 is 6.18 Å². The van der Waals surface area contributed by atoms with Gasteiger partial charge in [0.25, 0.3) is 0 Å². The molecule has 0 N–H and O–H groups in total. The average Bonchev–Trinajstić information content (AvgIpc) is 2.56. The summed E-state index contributed by atoms with van der Waals surface area (Å²) in [6, 6.07) is 3.30. The predicted molar refractivity (Wildman–Crippen MR) is 70.1 cm³/mol. The molecule has 1 aromatic carbocycles. The summed E-state index contributed by atoms with van der Waals surface area (Å²) in [5.74, 6) is -0.0996. The molecule has 0 atom stereocenters. The predicted octanol–water partition coefficient (Wildman–Crippen LogP) is 2.55. The molecule has 20 heavy (non-hydrogen) atoms. The molecular formula is C14H8F3NOS. The van der Waals surface area contributed by atoms with E-state index in [1.807, 2.05) is 0 Å². The van der Waals surface area contributed by atoms with Gasteiger partial charge in [0.15, 0.2) is 5.78 Å². The van der Waals surface area contributed by atoms with Crippen molar-refractivity contribution in [2.24, 2.45) is 4.40 Å². The van der Waals surface area contributed by atoms with E-state index in [9.17, 15) is 18.0 Å². The Balaban J connectivity index is 2.33. The summed E-state index contributed by atoms with van der Waals surface area (Å²) in [5.41, 5.74) is 0.391. The van der Waals surface area contributed by atoms with Crippen LogP contribution < -0.4 is 10.6 Å². The van der Waals surface area contributed by atoms with E-state index in [0.717, 1.165) is 24.1 Å². The maximum atomic E-state index is 12.7. The Kier molecular flexibility index (Phi) is 3.05. The summed E-state index contributed by atoms with van der Waals surface area (Å²) in [6.45, 7) is 0. The van der Waals surface area contributed by atoms with Crippen LogP contribution in [0.4, 0.5) is 13.2 Å². The van der Waals surface area contributed by atoms with Crippen molar-refractivity contribution in [3.8, 4) is 0 Å². The van der Waals surface area contributed by atoms with Gasteiger partial charge < -0.3 is 0 Å². The third-order valence-corrected chi connectivity index (χ3v) is 3.75. The lowest BCUT2D eigenvalue weighted by Crippen LogP contribution is -2.31. The van der Waals surface area contributed by atoms with Gasteiger partial charge in [-0.15, -0.1) is 0 Å². The van der Waals surface area contributed by atoms with E-state index in [2.05, 4.69) is 4.40 Å². The van der Waals surface area contributed by atoms with Gasteiger partial charge in [-0.3, -0.25) is 4.79 Å². The van der Waals surface area contributed by atoms with Gasteiger partial charge in [0.05, 0.1) is 10.9 Å². The van der Waals surface area contributed by atoms with Crippen molar-refractivity contribution >= 4 is 23.3 Å². The third kappa shape index (κ3) is 2.20. The first kappa shape index (κ1) is 13.2. The number of benzene rings is 1. The average molecular weight is 295 g/mol. The van der Waals surface area contributed by atoms with Crippen molar-refractivity contribution in [3.63, 3.8) is 0 Å². The first-order valence-electron chi connectivity index (χ1n) is 5.82. The normalized spacial score (nSPS) is 17.9. The second-order valence-electron chi connectivity index (χ2n) is 4.40. The monoisotopic (exact) mass is 295 g/mol. The number of alkyl halides is 3. The van der Waals surface area contributed by atoms with Gasteiger partial charge in [0.1, 0.15) is 0 Å². The Morgan fingerprint density at radius 2 is 2.05 bits per heavy atom. The van der Waals surface area contributed by atoms with Crippen LogP contribution in [0.2, 0.25) is 0 Å². The van der Waals surface area contributed by atoms with Crippen molar-refractivity contribution in [2.45, 2.75) is 12.6 Å². The Bertz CT molecular complexity index is 775. The molecule has 0 fully saturated rings. The molecule has 0 saturated carbocycles. The maximum Gasteiger partial charge on any atom is 0.416 e. The Labute approximate surface area is 116 Å². The highest BCUT2D eigenvalue weighted by atomic mass is 32.2. The highest BCUT2D eigenvalue weighted by molar-refractivity contribution is 8.00. The smallest absolute Gasteiger partial charge is 0.294 e. The first-order chi connectivity index (χ1) is 9.47. The number of carbonyl (C=O) groups excluding carboxylic acids is 1. The number of halogens is 3. The number of allylic oxidation sites excluding steroid dienone is 3. The lowest BCUT2D eigenvalue weighted by atomic mass is 9.92. The number of nitrogens with zero attached hydrogens (tertiary/aromatic N) is 1. The molecule has 0 saturated heterocycles. The standard InChI is InChI=1S/C14H8F3NOS/c15-14(16,17)9-4-5-10-11(6-9)18-20-7-8-2-1-3-12(19)13(8)10/h1-2,4-7H,3H2. The fraction of sp³-hybridized carbons (Fsp3) is 0.143. The number of hydrogen-bond donors (Lipinski definition) is 0. The van der Waals surface area contributed by atoms with Gasteiger partial charge in [-0.2, -0.15) is 13.2 Å². The Morgan fingerprint density at radius 3 is 2.80 bits per heavy atom. The van der Waals surface area contributed by atoms with Crippen LogP contribution in [0.1, 0.15) is 12.0 Å². The molecule has 1 aliphatic carbocycles. The fourth-order valence-corrected chi connectivity index (χ4v) is 2.81. The molecule has 2 nitrogen and oxygen atoms in total. The van der Waals surface area contributed by atoms with Gasteiger partial charge in [-0.05, 0) is 17.7 Å². The van der Waals surface area contributed by atoms with Crippen molar-refractivity contribution < 1.29 is 18.0 Å². The quantitative estimate of drug-likeness (QED) is 0.688. The van der Waals surface area contributed by atoms with Crippen molar-refractivity contribution in [1.29, 1.82) is 0 Å². The number of ketones is 1. The number of carbonyl (C=O) groups is 1. The van der Waals surface area contributed by atoms with Gasteiger partial charge in [0.2, 0.25) is 0 Å². The van der Waals surface area contributed by atoms with E-state index in [0.29, 0.717) is 16.4 Å². The molecule has 1 aliphatic heterocycles. The van der Waals surface area contributed by atoms with Crippen molar-refractivity contribution in [3.05, 3.63) is 57.5 Å². The largest absolute Gasteiger partial charge is 0.416 e. The molecule has 1 aromatic rings. The van der Waals surface area contributed by atoms with Crippen LogP contribution in [-0.2, 0) is 11.0 Å². The second-order valence-corrected chi connectivity index (χ2v) is 5.03. The summed E-state index contributed by atoms with van der Waals surface area (Å²) in [6.07, 6.45) is -0.615. The zero-order chi connectivity index (χ0) is 14.3. The van der Waals surface area contributed by atoms with Crippen LogP contribution in [-0.4, -0.2) is 5.78 Å². The summed E-state index contributed by atoms with van der Waals surface area (Å²) >= 11 is 1.04. The SMILES string of the molecule is O=C1CC=CC2=CSN=c3cc(C(F)(F)F)ccc3=C12. The number of fused-ring (bicyclic) bond motifs is 2. The van der Waals surface area contributed by atoms with Gasteiger partial charge in [0, 0.05) is 34.6 Å². The van der Waals surface area contributed by atoms with Crippen LogP contribution in [0, 0.1) is 0 Å². The molecule has 0 unspecified atom stereocenters. The van der Waals surface area contributed by atoms with Gasteiger partial charge in [-0.25, -0.2) is 4.40 Å². The van der Waals surface area contributed by atoms with E-state index < -0.39 is 11.7 Å². The minimum absolute atomic E-state index is 0.0996. The van der Waals surface area contributed by atoms with E-state index in [1.54, 1.807) is 17.6 Å². The van der Waals surface area contributed by atoms with E-state index in [1.165, 1.54) is 6.07 Å². The van der Waals surface area contributed by atoms with Crippen molar-refractivity contribution in [2.75, 3.05) is 0 Å². The first-order valence-corrected chi connectivity index (χ1v) is 6.66. The Morgan fingerprint density at radius 1 is 1.25 bits per heavy atom.